The molecule has 2 atom stereocenters. The standard InChI is InChI=1S/C20H35NO9S/c1-14(22)21-11-7-13-31(27,28)30-16(20(2,3)17(23)18(24)25)10-12-29-19(26)15-8-5-4-6-9-15/h15-17,23H,4-13H2,1-3H3,(H,21,22)(H,24,25)/t16?,17-/m0/s1. The van der Waals surface area contributed by atoms with Gasteiger partial charge in [-0.3, -0.25) is 13.8 Å². The van der Waals surface area contributed by atoms with Crippen LogP contribution >= 0.6 is 0 Å². The van der Waals surface area contributed by atoms with Crippen molar-refractivity contribution in [1.29, 1.82) is 0 Å². The second-order valence-corrected chi connectivity index (χ2v) is 10.3. The van der Waals surface area contributed by atoms with Crippen molar-refractivity contribution in [2.45, 2.75) is 77.9 Å². The minimum Gasteiger partial charge on any atom is -0.479 e. The van der Waals surface area contributed by atoms with Gasteiger partial charge in [-0.25, -0.2) is 4.79 Å². The number of nitrogens with one attached hydrogen (secondary N) is 1. The van der Waals surface area contributed by atoms with Crippen LogP contribution < -0.4 is 5.32 Å². The first-order valence-corrected chi connectivity index (χ1v) is 12.2. The van der Waals surface area contributed by atoms with Crippen molar-refractivity contribution in [3.63, 3.8) is 0 Å². The minimum absolute atomic E-state index is 0.0965. The normalized spacial score (nSPS) is 17.5. The summed E-state index contributed by atoms with van der Waals surface area (Å²) in [4.78, 5) is 34.4. The Kier molecular flexibility index (Phi) is 10.9. The Morgan fingerprint density at radius 1 is 1.16 bits per heavy atom. The van der Waals surface area contributed by atoms with Crippen LogP contribution in [0.3, 0.4) is 0 Å². The number of ether oxygens (including phenoxy) is 1. The smallest absolute Gasteiger partial charge is 0.333 e. The Balaban J connectivity index is 2.77. The maximum Gasteiger partial charge on any atom is 0.333 e. The monoisotopic (exact) mass is 465 g/mol. The van der Waals surface area contributed by atoms with E-state index in [9.17, 15) is 33.0 Å². The van der Waals surface area contributed by atoms with Crippen LogP contribution in [0.1, 0.15) is 65.7 Å². The Bertz CT molecular complexity index is 714. The highest BCUT2D eigenvalue weighted by atomic mass is 32.2. The summed E-state index contributed by atoms with van der Waals surface area (Å²) in [7, 11) is -4.09. The zero-order valence-corrected chi connectivity index (χ0v) is 19.3. The van der Waals surface area contributed by atoms with Crippen molar-refractivity contribution in [3.05, 3.63) is 0 Å². The van der Waals surface area contributed by atoms with Gasteiger partial charge < -0.3 is 20.3 Å². The number of aliphatic hydroxyl groups is 1. The van der Waals surface area contributed by atoms with Gasteiger partial charge >= 0.3 is 11.9 Å². The number of carboxylic acids is 1. The summed E-state index contributed by atoms with van der Waals surface area (Å²) in [5.74, 6) is -2.73. The summed E-state index contributed by atoms with van der Waals surface area (Å²) in [6.45, 7) is 4.06. The van der Waals surface area contributed by atoms with Gasteiger partial charge in [-0.15, -0.1) is 0 Å². The molecule has 0 saturated heterocycles. The van der Waals surface area contributed by atoms with Crippen molar-refractivity contribution in [2.24, 2.45) is 11.3 Å². The molecule has 10 nitrogen and oxygen atoms in total. The van der Waals surface area contributed by atoms with Gasteiger partial charge in [-0.1, -0.05) is 33.1 Å². The molecule has 0 aromatic heterocycles. The SMILES string of the molecule is CC(=O)NCCCS(=O)(=O)OC(CCOC(=O)C1CCCCC1)C(C)(C)[C@@H](O)C(=O)O. The van der Waals surface area contributed by atoms with Crippen LogP contribution in [-0.2, 0) is 33.4 Å². The molecule has 0 aromatic rings. The van der Waals surface area contributed by atoms with Gasteiger partial charge in [-0.05, 0) is 19.3 Å². The lowest BCUT2D eigenvalue weighted by atomic mass is 9.79. The van der Waals surface area contributed by atoms with Gasteiger partial charge in [0.1, 0.15) is 0 Å². The Hall–Kier alpha value is -1.72. The number of rotatable bonds is 13. The van der Waals surface area contributed by atoms with E-state index in [1.165, 1.54) is 20.8 Å². The van der Waals surface area contributed by atoms with Crippen LogP contribution in [-0.4, -0.2) is 67.6 Å². The maximum atomic E-state index is 12.4. The molecular formula is C20H35NO9S. The van der Waals surface area contributed by atoms with Gasteiger partial charge in [0.2, 0.25) is 5.91 Å². The Morgan fingerprint density at radius 2 is 1.77 bits per heavy atom. The Labute approximate surface area is 183 Å². The van der Waals surface area contributed by atoms with E-state index in [2.05, 4.69) is 5.32 Å². The number of hydrogen-bond donors (Lipinski definition) is 3. The molecule has 0 heterocycles. The van der Waals surface area contributed by atoms with Crippen LogP contribution in [0.4, 0.5) is 0 Å². The lowest BCUT2D eigenvalue weighted by Gasteiger charge is -2.35. The second kappa shape index (κ2) is 12.4. The van der Waals surface area contributed by atoms with E-state index in [0.29, 0.717) is 0 Å². The number of aliphatic carboxylic acids is 1. The molecule has 1 saturated carbocycles. The van der Waals surface area contributed by atoms with Gasteiger partial charge in [0, 0.05) is 25.3 Å². The van der Waals surface area contributed by atoms with Gasteiger partial charge in [0.15, 0.2) is 6.10 Å². The third-order valence-electron chi connectivity index (χ3n) is 5.54. The molecule has 0 bridgehead atoms. The molecule has 1 rings (SSSR count). The van der Waals surface area contributed by atoms with Gasteiger partial charge in [-0.2, -0.15) is 8.42 Å². The number of hydrogen-bond acceptors (Lipinski definition) is 8. The zero-order chi connectivity index (χ0) is 23.7. The van der Waals surface area contributed by atoms with E-state index < -0.39 is 39.5 Å². The zero-order valence-electron chi connectivity index (χ0n) is 18.5. The van der Waals surface area contributed by atoms with Crippen molar-refractivity contribution in [1.82, 2.24) is 5.32 Å². The van der Waals surface area contributed by atoms with Crippen LogP contribution in [0.25, 0.3) is 0 Å². The van der Waals surface area contributed by atoms with E-state index in [1.54, 1.807) is 0 Å². The topological polar surface area (TPSA) is 156 Å². The average molecular weight is 466 g/mol. The first-order valence-electron chi connectivity index (χ1n) is 10.6. The van der Waals surface area contributed by atoms with E-state index >= 15 is 0 Å². The molecule has 0 aromatic carbocycles. The number of carboxylic acid groups (broad SMARTS) is 1. The fraction of sp³-hybridized carbons (Fsp3) is 0.850. The van der Waals surface area contributed by atoms with Crippen molar-refractivity contribution < 1.29 is 41.9 Å². The fourth-order valence-corrected chi connectivity index (χ4v) is 4.79. The molecule has 1 aliphatic rings. The molecule has 1 amide bonds. The first kappa shape index (κ1) is 27.3. The number of esters is 1. The molecule has 0 spiro atoms. The fourth-order valence-electron chi connectivity index (χ4n) is 3.50. The molecule has 3 N–H and O–H groups in total. The minimum atomic E-state index is -4.09. The molecule has 0 aliphatic heterocycles. The van der Waals surface area contributed by atoms with E-state index in [4.69, 9.17) is 8.92 Å². The quantitative estimate of drug-likeness (QED) is 0.207. The Morgan fingerprint density at radius 3 is 2.32 bits per heavy atom. The van der Waals surface area contributed by atoms with Crippen molar-refractivity contribution in [3.8, 4) is 0 Å². The predicted molar refractivity (Wildman–Crippen MR) is 112 cm³/mol. The maximum absolute atomic E-state index is 12.4. The highest BCUT2D eigenvalue weighted by molar-refractivity contribution is 7.86. The number of carbonyl (C=O) groups excluding carboxylic acids is 2. The summed E-state index contributed by atoms with van der Waals surface area (Å²) >= 11 is 0. The molecule has 1 fully saturated rings. The largest absolute Gasteiger partial charge is 0.479 e. The second-order valence-electron chi connectivity index (χ2n) is 8.54. The summed E-state index contributed by atoms with van der Waals surface area (Å²) in [6.07, 6.45) is 1.40. The van der Waals surface area contributed by atoms with E-state index in [0.717, 1.165) is 32.1 Å². The number of carbonyl (C=O) groups is 3. The lowest BCUT2D eigenvalue weighted by molar-refractivity contribution is -0.160. The van der Waals surface area contributed by atoms with E-state index in [-0.39, 0.29) is 43.8 Å². The summed E-state index contributed by atoms with van der Waals surface area (Å²) < 4.78 is 35.3. The van der Waals surface area contributed by atoms with Crippen molar-refractivity contribution >= 4 is 28.0 Å². The lowest BCUT2D eigenvalue weighted by Crippen LogP contribution is -2.47. The molecule has 0 radical (unpaired) electrons. The predicted octanol–water partition coefficient (Wildman–Crippen LogP) is 1.21. The summed E-state index contributed by atoms with van der Waals surface area (Å²) in [5, 5.41) is 21.8. The van der Waals surface area contributed by atoms with Crippen LogP contribution in [0.5, 0.6) is 0 Å². The molecule has 180 valence electrons. The highest BCUT2D eigenvalue weighted by Crippen LogP contribution is 2.32. The van der Waals surface area contributed by atoms with Gasteiger partial charge in [0.05, 0.1) is 24.4 Å². The number of aliphatic hydroxyl groups excluding tert-OH is 1. The van der Waals surface area contributed by atoms with Crippen molar-refractivity contribution in [2.75, 3.05) is 18.9 Å². The van der Waals surface area contributed by atoms with Crippen LogP contribution in [0.2, 0.25) is 0 Å². The van der Waals surface area contributed by atoms with E-state index in [1.807, 2.05) is 0 Å². The van der Waals surface area contributed by atoms with Crippen LogP contribution in [0, 0.1) is 11.3 Å². The third-order valence-corrected chi connectivity index (χ3v) is 6.85. The summed E-state index contributed by atoms with van der Waals surface area (Å²) in [5.41, 5.74) is -1.48. The molecule has 1 unspecified atom stereocenters. The average Bonchev–Trinajstić information content (AvgIpc) is 2.70. The molecule has 31 heavy (non-hydrogen) atoms. The molecular weight excluding hydrogens is 430 g/mol. The van der Waals surface area contributed by atoms with Crippen LogP contribution in [0.15, 0.2) is 0 Å². The first-order chi connectivity index (χ1) is 14.4. The van der Waals surface area contributed by atoms with Gasteiger partial charge in [0.25, 0.3) is 10.1 Å². The number of amides is 1. The molecule has 11 heteroatoms. The molecule has 1 aliphatic carbocycles. The summed E-state index contributed by atoms with van der Waals surface area (Å²) in [6, 6.07) is 0. The third kappa shape index (κ3) is 9.53. The highest BCUT2D eigenvalue weighted by Gasteiger charge is 2.43.